The number of hydrogen-bond acceptors (Lipinski definition) is 4. The maximum atomic E-state index is 6.23. The van der Waals surface area contributed by atoms with Gasteiger partial charge in [0.05, 0.1) is 11.8 Å². The molecule has 0 aromatic heterocycles. The van der Waals surface area contributed by atoms with Gasteiger partial charge in [0.1, 0.15) is 5.75 Å². The summed E-state index contributed by atoms with van der Waals surface area (Å²) in [5.41, 5.74) is 7.94. The fraction of sp³-hybridized carbons (Fsp3) is 0.625. The summed E-state index contributed by atoms with van der Waals surface area (Å²) in [5.74, 6) is 0.974. The molecule has 3 rings (SSSR count). The summed E-state index contributed by atoms with van der Waals surface area (Å²) in [6.07, 6.45) is 5.31. The minimum atomic E-state index is 0.378. The molecule has 2 N–H and O–H groups in total. The molecule has 0 bridgehead atoms. The average Bonchev–Trinajstić information content (AvgIpc) is 2.93. The number of nitrogen functional groups attached to an aromatic ring is 1. The second kappa shape index (κ2) is 5.92. The third kappa shape index (κ3) is 3.01. The van der Waals surface area contributed by atoms with Gasteiger partial charge in [0.25, 0.3) is 0 Å². The summed E-state index contributed by atoms with van der Waals surface area (Å²) in [4.78, 5) is 4.79. The lowest BCUT2D eigenvalue weighted by Crippen LogP contribution is -2.44. The molecule has 1 aliphatic heterocycles. The highest BCUT2D eigenvalue weighted by Gasteiger charge is 2.21. The summed E-state index contributed by atoms with van der Waals surface area (Å²) in [6.45, 7) is 4.32. The summed E-state index contributed by atoms with van der Waals surface area (Å²) in [6, 6.07) is 6.09. The molecule has 1 saturated heterocycles. The van der Waals surface area contributed by atoms with Crippen molar-refractivity contribution in [2.24, 2.45) is 0 Å². The fourth-order valence-electron chi connectivity index (χ4n) is 3.12. The zero-order valence-corrected chi connectivity index (χ0v) is 12.3. The molecule has 4 heteroatoms. The van der Waals surface area contributed by atoms with E-state index in [0.29, 0.717) is 6.10 Å². The first kappa shape index (κ1) is 13.6. The molecule has 2 aliphatic rings. The third-order valence-corrected chi connectivity index (χ3v) is 4.42. The fourth-order valence-corrected chi connectivity index (χ4v) is 3.12. The second-order valence-electron chi connectivity index (χ2n) is 6.04. The van der Waals surface area contributed by atoms with Crippen LogP contribution < -0.4 is 15.4 Å². The molecule has 1 heterocycles. The van der Waals surface area contributed by atoms with E-state index < -0.39 is 0 Å². The van der Waals surface area contributed by atoms with Gasteiger partial charge in [-0.15, -0.1) is 0 Å². The smallest absolute Gasteiger partial charge is 0.145 e. The lowest BCUT2D eigenvalue weighted by Gasteiger charge is -2.35. The molecule has 0 atom stereocenters. The van der Waals surface area contributed by atoms with E-state index in [-0.39, 0.29) is 0 Å². The van der Waals surface area contributed by atoms with Crippen molar-refractivity contribution in [2.75, 3.05) is 43.9 Å². The number of benzene rings is 1. The Morgan fingerprint density at radius 1 is 1.10 bits per heavy atom. The van der Waals surface area contributed by atoms with E-state index in [9.17, 15) is 0 Å². The van der Waals surface area contributed by atoms with Gasteiger partial charge in [-0.1, -0.05) is 0 Å². The van der Waals surface area contributed by atoms with Crippen molar-refractivity contribution in [3.63, 3.8) is 0 Å². The first-order valence-corrected chi connectivity index (χ1v) is 7.72. The van der Waals surface area contributed by atoms with Crippen LogP contribution in [0.25, 0.3) is 0 Å². The topological polar surface area (TPSA) is 41.7 Å². The molecule has 0 amide bonds. The number of piperazine rings is 1. The Hall–Kier alpha value is -1.42. The number of rotatable bonds is 3. The van der Waals surface area contributed by atoms with Gasteiger partial charge in [-0.25, -0.2) is 0 Å². The lowest BCUT2D eigenvalue weighted by molar-refractivity contribution is 0.210. The molecule has 1 aromatic rings. The molecule has 4 nitrogen and oxygen atoms in total. The van der Waals surface area contributed by atoms with E-state index in [0.717, 1.165) is 37.6 Å². The van der Waals surface area contributed by atoms with Crippen molar-refractivity contribution in [3.05, 3.63) is 18.2 Å². The molecule has 20 heavy (non-hydrogen) atoms. The Labute approximate surface area is 121 Å². The minimum absolute atomic E-state index is 0.378. The Morgan fingerprint density at radius 3 is 2.50 bits per heavy atom. The highest BCUT2D eigenvalue weighted by atomic mass is 16.5. The number of ether oxygens (including phenoxy) is 1. The van der Waals surface area contributed by atoms with Gasteiger partial charge in [0.2, 0.25) is 0 Å². The largest absolute Gasteiger partial charge is 0.488 e. The third-order valence-electron chi connectivity index (χ3n) is 4.42. The SMILES string of the molecule is CN1CCN(c2ccc(N)cc2OC2CCCC2)CC1. The summed E-state index contributed by atoms with van der Waals surface area (Å²) < 4.78 is 6.23. The van der Waals surface area contributed by atoms with E-state index in [1.54, 1.807) is 0 Å². The van der Waals surface area contributed by atoms with Gasteiger partial charge < -0.3 is 20.3 Å². The van der Waals surface area contributed by atoms with Crippen LogP contribution in [0.3, 0.4) is 0 Å². The highest BCUT2D eigenvalue weighted by molar-refractivity contribution is 5.64. The van der Waals surface area contributed by atoms with Gasteiger partial charge in [-0.2, -0.15) is 0 Å². The summed E-state index contributed by atoms with van der Waals surface area (Å²) in [7, 11) is 2.18. The Kier molecular flexibility index (Phi) is 4.01. The van der Waals surface area contributed by atoms with Crippen molar-refractivity contribution in [1.82, 2.24) is 4.90 Å². The van der Waals surface area contributed by atoms with Crippen LogP contribution in [0.1, 0.15) is 25.7 Å². The lowest BCUT2D eigenvalue weighted by atomic mass is 10.2. The van der Waals surface area contributed by atoms with E-state index in [1.165, 1.54) is 31.4 Å². The van der Waals surface area contributed by atoms with E-state index in [4.69, 9.17) is 10.5 Å². The first-order chi connectivity index (χ1) is 9.72. The Balaban J connectivity index is 1.78. The maximum absolute atomic E-state index is 6.23. The molecule has 1 aromatic carbocycles. The van der Waals surface area contributed by atoms with Crippen molar-refractivity contribution in [2.45, 2.75) is 31.8 Å². The van der Waals surface area contributed by atoms with Crippen LogP contribution in [0, 0.1) is 0 Å². The quantitative estimate of drug-likeness (QED) is 0.860. The zero-order chi connectivity index (χ0) is 13.9. The van der Waals surface area contributed by atoms with Crippen LogP contribution in [-0.2, 0) is 0 Å². The average molecular weight is 275 g/mol. The van der Waals surface area contributed by atoms with Gasteiger partial charge >= 0.3 is 0 Å². The molecule has 110 valence electrons. The van der Waals surface area contributed by atoms with E-state index in [2.05, 4.69) is 22.9 Å². The molecular weight excluding hydrogens is 250 g/mol. The maximum Gasteiger partial charge on any atom is 0.145 e. The van der Waals surface area contributed by atoms with Gasteiger partial charge in [0.15, 0.2) is 0 Å². The highest BCUT2D eigenvalue weighted by Crippen LogP contribution is 2.34. The van der Waals surface area contributed by atoms with Crippen molar-refractivity contribution >= 4 is 11.4 Å². The number of hydrogen-bond donors (Lipinski definition) is 1. The number of likely N-dealkylation sites (N-methyl/N-ethyl adjacent to an activating group) is 1. The van der Waals surface area contributed by atoms with Crippen molar-refractivity contribution in [1.29, 1.82) is 0 Å². The van der Waals surface area contributed by atoms with Crippen LogP contribution in [0.2, 0.25) is 0 Å². The van der Waals surface area contributed by atoms with Gasteiger partial charge in [-0.05, 0) is 44.9 Å². The van der Waals surface area contributed by atoms with E-state index >= 15 is 0 Å². The molecule has 0 radical (unpaired) electrons. The molecule has 0 spiro atoms. The van der Waals surface area contributed by atoms with Crippen molar-refractivity contribution in [3.8, 4) is 5.75 Å². The second-order valence-corrected chi connectivity index (χ2v) is 6.04. The normalized spacial score (nSPS) is 21.4. The molecule has 1 saturated carbocycles. The van der Waals surface area contributed by atoms with Crippen LogP contribution in [-0.4, -0.2) is 44.2 Å². The van der Waals surface area contributed by atoms with Crippen LogP contribution in [0.4, 0.5) is 11.4 Å². The molecule has 1 aliphatic carbocycles. The molecule has 2 fully saturated rings. The standard InChI is InChI=1S/C16H25N3O/c1-18-8-10-19(11-9-18)15-7-6-13(17)12-16(15)20-14-4-2-3-5-14/h6-7,12,14H,2-5,8-11,17H2,1H3. The summed E-state index contributed by atoms with van der Waals surface area (Å²) in [5, 5.41) is 0. The number of nitrogens with two attached hydrogens (primary N) is 1. The Morgan fingerprint density at radius 2 is 1.80 bits per heavy atom. The number of nitrogens with zero attached hydrogens (tertiary/aromatic N) is 2. The van der Waals surface area contributed by atoms with Crippen LogP contribution in [0.5, 0.6) is 5.75 Å². The van der Waals surface area contributed by atoms with Crippen LogP contribution in [0.15, 0.2) is 18.2 Å². The minimum Gasteiger partial charge on any atom is -0.488 e. The predicted octanol–water partition coefficient (Wildman–Crippen LogP) is 2.34. The first-order valence-electron chi connectivity index (χ1n) is 7.72. The monoisotopic (exact) mass is 275 g/mol. The Bertz CT molecular complexity index is 449. The van der Waals surface area contributed by atoms with Crippen LogP contribution >= 0.6 is 0 Å². The molecule has 0 unspecified atom stereocenters. The summed E-state index contributed by atoms with van der Waals surface area (Å²) >= 11 is 0. The van der Waals surface area contributed by atoms with Crippen molar-refractivity contribution < 1.29 is 4.74 Å². The van der Waals surface area contributed by atoms with Gasteiger partial charge in [-0.3, -0.25) is 0 Å². The molecular formula is C16H25N3O. The zero-order valence-electron chi connectivity index (χ0n) is 12.3. The van der Waals surface area contributed by atoms with E-state index in [1.807, 2.05) is 12.1 Å². The van der Waals surface area contributed by atoms with Gasteiger partial charge in [0, 0.05) is 37.9 Å². The predicted molar refractivity (Wildman–Crippen MR) is 83.4 cm³/mol. The number of anilines is 2.